The number of carbonyl (C=O) groups is 2. The zero-order valence-electron chi connectivity index (χ0n) is 12.4. The first-order valence-electron chi connectivity index (χ1n) is 7.17. The second-order valence-corrected chi connectivity index (χ2v) is 5.90. The maximum atomic E-state index is 11.7. The molecule has 0 aromatic heterocycles. The molecule has 0 atom stereocenters. The number of ether oxygens (including phenoxy) is 1. The Labute approximate surface area is 124 Å². The van der Waals surface area contributed by atoms with Gasteiger partial charge in [0.25, 0.3) is 5.91 Å². The van der Waals surface area contributed by atoms with Crippen molar-refractivity contribution in [3.8, 4) is 5.75 Å². The first-order chi connectivity index (χ1) is 9.88. The summed E-state index contributed by atoms with van der Waals surface area (Å²) < 4.78 is 5.45. The largest absolute Gasteiger partial charge is 0.484 e. The number of benzene rings is 1. The number of carbonyl (C=O) groups excluding carboxylic acids is 1. The van der Waals surface area contributed by atoms with Crippen molar-refractivity contribution in [2.45, 2.75) is 45.1 Å². The van der Waals surface area contributed by atoms with Gasteiger partial charge in [-0.05, 0) is 62.8 Å². The van der Waals surface area contributed by atoms with E-state index in [0.29, 0.717) is 5.75 Å². The summed E-state index contributed by atoms with van der Waals surface area (Å²) in [6, 6.07) is 5.88. The highest BCUT2D eigenvalue weighted by atomic mass is 16.5. The summed E-state index contributed by atoms with van der Waals surface area (Å²) in [7, 11) is 0. The molecule has 0 heterocycles. The van der Waals surface area contributed by atoms with E-state index in [1.165, 1.54) is 37.8 Å². The Balaban J connectivity index is 1.91. The van der Waals surface area contributed by atoms with Gasteiger partial charge in [0.05, 0.1) is 0 Å². The Bertz CT molecular complexity index is 551. The van der Waals surface area contributed by atoms with Crippen molar-refractivity contribution in [2.75, 3.05) is 6.61 Å². The van der Waals surface area contributed by atoms with Crippen molar-refractivity contribution in [1.29, 1.82) is 0 Å². The van der Waals surface area contributed by atoms with E-state index in [0.717, 1.165) is 12.8 Å². The first kappa shape index (κ1) is 15.4. The summed E-state index contributed by atoms with van der Waals surface area (Å²) in [6.45, 7) is 2.69. The predicted octanol–water partition coefficient (Wildman–Crippen LogP) is 1.92. The number of hydrogen-bond donors (Lipinski definition) is 2. The molecule has 1 amide bonds. The van der Waals surface area contributed by atoms with Gasteiger partial charge >= 0.3 is 5.97 Å². The van der Waals surface area contributed by atoms with Gasteiger partial charge in [-0.25, -0.2) is 4.79 Å². The van der Waals surface area contributed by atoms with Gasteiger partial charge in [-0.2, -0.15) is 0 Å². The first-order valence-corrected chi connectivity index (χ1v) is 7.17. The number of aliphatic carboxylic acids is 1. The van der Waals surface area contributed by atoms with Crippen molar-refractivity contribution in [3.05, 3.63) is 29.3 Å². The average molecular weight is 291 g/mol. The van der Waals surface area contributed by atoms with Crippen LogP contribution in [-0.4, -0.2) is 29.1 Å². The maximum absolute atomic E-state index is 11.7. The smallest absolute Gasteiger partial charge is 0.328 e. The van der Waals surface area contributed by atoms with Gasteiger partial charge in [-0.15, -0.1) is 0 Å². The summed E-state index contributed by atoms with van der Waals surface area (Å²) >= 11 is 0. The van der Waals surface area contributed by atoms with Gasteiger partial charge < -0.3 is 15.2 Å². The van der Waals surface area contributed by atoms with Crippen molar-refractivity contribution in [2.24, 2.45) is 0 Å². The van der Waals surface area contributed by atoms with Crippen LogP contribution in [0.5, 0.6) is 5.75 Å². The van der Waals surface area contributed by atoms with Gasteiger partial charge in [0.2, 0.25) is 0 Å². The van der Waals surface area contributed by atoms with E-state index in [9.17, 15) is 9.59 Å². The lowest BCUT2D eigenvalue weighted by molar-refractivity contribution is -0.146. The fraction of sp³-hybridized carbons (Fsp3) is 0.500. The highest BCUT2D eigenvalue weighted by Gasteiger charge is 2.28. The van der Waals surface area contributed by atoms with Crippen LogP contribution >= 0.6 is 0 Å². The topological polar surface area (TPSA) is 75.6 Å². The van der Waals surface area contributed by atoms with Gasteiger partial charge in [0.1, 0.15) is 11.3 Å². The van der Waals surface area contributed by atoms with Crippen LogP contribution in [0.3, 0.4) is 0 Å². The minimum atomic E-state index is -1.30. The summed E-state index contributed by atoms with van der Waals surface area (Å²) in [5, 5.41) is 11.4. The quantitative estimate of drug-likeness (QED) is 0.869. The number of nitrogens with one attached hydrogen (secondary N) is 1. The molecule has 1 aliphatic carbocycles. The molecule has 2 N–H and O–H groups in total. The molecule has 1 aromatic rings. The summed E-state index contributed by atoms with van der Waals surface area (Å²) in [5.41, 5.74) is 1.34. The molecule has 0 saturated heterocycles. The molecule has 0 unspecified atom stereocenters. The lowest BCUT2D eigenvalue weighted by Crippen LogP contribution is -2.51. The molecule has 1 aromatic carbocycles. The molecule has 0 radical (unpaired) electrons. The van der Waals surface area contributed by atoms with Crippen molar-refractivity contribution in [3.63, 3.8) is 0 Å². The Morgan fingerprint density at radius 1 is 1.24 bits per heavy atom. The minimum Gasteiger partial charge on any atom is -0.484 e. The second-order valence-electron chi connectivity index (χ2n) is 5.90. The molecule has 2 rings (SSSR count). The van der Waals surface area contributed by atoms with E-state index < -0.39 is 17.4 Å². The van der Waals surface area contributed by atoms with E-state index in [4.69, 9.17) is 9.84 Å². The van der Waals surface area contributed by atoms with Crippen LogP contribution < -0.4 is 10.1 Å². The molecule has 0 bridgehead atoms. The lowest BCUT2D eigenvalue weighted by atomic mass is 9.92. The van der Waals surface area contributed by atoms with Crippen LogP contribution in [-0.2, 0) is 22.4 Å². The molecule has 0 spiro atoms. The lowest BCUT2D eigenvalue weighted by Gasteiger charge is -2.21. The van der Waals surface area contributed by atoms with E-state index in [-0.39, 0.29) is 6.61 Å². The van der Waals surface area contributed by atoms with Crippen molar-refractivity contribution < 1.29 is 19.4 Å². The van der Waals surface area contributed by atoms with Gasteiger partial charge in [-0.1, -0.05) is 6.07 Å². The van der Waals surface area contributed by atoms with E-state index in [2.05, 4.69) is 5.32 Å². The molecular weight excluding hydrogens is 270 g/mol. The zero-order chi connectivity index (χ0) is 15.5. The third kappa shape index (κ3) is 3.97. The molecule has 0 saturated carbocycles. The summed E-state index contributed by atoms with van der Waals surface area (Å²) in [5.74, 6) is -0.872. The maximum Gasteiger partial charge on any atom is 0.328 e. The summed E-state index contributed by atoms with van der Waals surface area (Å²) in [6.07, 6.45) is 4.55. The molecule has 0 aliphatic heterocycles. The molecule has 21 heavy (non-hydrogen) atoms. The summed E-state index contributed by atoms with van der Waals surface area (Å²) in [4.78, 5) is 22.7. The van der Waals surface area contributed by atoms with Crippen molar-refractivity contribution in [1.82, 2.24) is 5.32 Å². The Kier molecular flexibility index (Phi) is 4.50. The third-order valence-corrected chi connectivity index (χ3v) is 3.68. The third-order valence-electron chi connectivity index (χ3n) is 3.68. The zero-order valence-corrected chi connectivity index (χ0v) is 12.4. The molecule has 5 nitrogen and oxygen atoms in total. The van der Waals surface area contributed by atoms with Gasteiger partial charge in [0.15, 0.2) is 6.61 Å². The predicted molar refractivity (Wildman–Crippen MR) is 78.4 cm³/mol. The van der Waals surface area contributed by atoms with Crippen LogP contribution in [0.1, 0.15) is 37.8 Å². The molecule has 0 fully saturated rings. The number of fused-ring (bicyclic) bond motifs is 1. The van der Waals surface area contributed by atoms with Crippen LogP contribution in [0.2, 0.25) is 0 Å². The molecule has 114 valence electrons. The number of aryl methyl sites for hydroxylation is 2. The molecule has 5 heteroatoms. The monoisotopic (exact) mass is 291 g/mol. The van der Waals surface area contributed by atoms with E-state index >= 15 is 0 Å². The fourth-order valence-corrected chi connectivity index (χ4v) is 2.39. The second kappa shape index (κ2) is 6.16. The van der Waals surface area contributed by atoms with Crippen molar-refractivity contribution >= 4 is 11.9 Å². The van der Waals surface area contributed by atoms with Crippen LogP contribution in [0.25, 0.3) is 0 Å². The van der Waals surface area contributed by atoms with E-state index in [1.54, 1.807) is 0 Å². The van der Waals surface area contributed by atoms with Crippen LogP contribution in [0, 0.1) is 0 Å². The van der Waals surface area contributed by atoms with Crippen LogP contribution in [0.4, 0.5) is 0 Å². The number of carboxylic acid groups (broad SMARTS) is 1. The highest BCUT2D eigenvalue weighted by Crippen LogP contribution is 2.25. The SMILES string of the molecule is CC(C)(NC(=O)COc1ccc2c(c1)CCCC2)C(=O)O. The standard InChI is InChI=1S/C16H21NO4/c1-16(2,15(19)20)17-14(18)10-21-13-8-7-11-5-3-4-6-12(11)9-13/h7-9H,3-6,10H2,1-2H3,(H,17,18)(H,19,20). The van der Waals surface area contributed by atoms with Gasteiger partial charge in [0, 0.05) is 0 Å². The number of hydrogen-bond acceptors (Lipinski definition) is 3. The molecular formula is C16H21NO4. The average Bonchev–Trinajstić information content (AvgIpc) is 2.44. The number of rotatable bonds is 5. The molecule has 1 aliphatic rings. The minimum absolute atomic E-state index is 0.185. The normalized spacial score (nSPS) is 14.2. The number of amides is 1. The fourth-order valence-electron chi connectivity index (χ4n) is 2.39. The van der Waals surface area contributed by atoms with Gasteiger partial charge in [-0.3, -0.25) is 4.79 Å². The van der Waals surface area contributed by atoms with E-state index in [1.807, 2.05) is 18.2 Å². The Morgan fingerprint density at radius 2 is 1.90 bits per heavy atom. The van der Waals surface area contributed by atoms with Crippen LogP contribution in [0.15, 0.2) is 18.2 Å². The Morgan fingerprint density at radius 3 is 2.57 bits per heavy atom. The number of carboxylic acids is 1. The highest BCUT2D eigenvalue weighted by molar-refractivity contribution is 5.86. The Hall–Kier alpha value is -2.04.